The first-order valence-electron chi connectivity index (χ1n) is 11.1. The molecule has 0 aliphatic heterocycles. The predicted molar refractivity (Wildman–Crippen MR) is 109 cm³/mol. The number of rotatable bonds is 10. The van der Waals surface area contributed by atoms with E-state index in [0.29, 0.717) is 29.2 Å². The fourth-order valence-electron chi connectivity index (χ4n) is 5.17. The van der Waals surface area contributed by atoms with Gasteiger partial charge in [-0.25, -0.2) is 0 Å². The Bertz CT molecular complexity index is 530. The van der Waals surface area contributed by atoms with Crippen LogP contribution in [0.4, 0.5) is 0 Å². The molecular formula is C23H40N2O. The maximum absolute atomic E-state index is 13.0. The van der Waals surface area contributed by atoms with E-state index >= 15 is 0 Å². The number of carbonyl (C=O) groups is 1. The van der Waals surface area contributed by atoms with Gasteiger partial charge in [0, 0.05) is 18.5 Å². The van der Waals surface area contributed by atoms with Crippen LogP contribution in [0.25, 0.3) is 0 Å². The van der Waals surface area contributed by atoms with Gasteiger partial charge in [0.1, 0.15) is 0 Å². The Hall–Kier alpha value is -0.830. The van der Waals surface area contributed by atoms with Gasteiger partial charge in [0.15, 0.2) is 0 Å². The molecule has 3 atom stereocenters. The number of carbonyl (C=O) groups excluding carboxylic acids is 1. The second-order valence-electron chi connectivity index (χ2n) is 9.58. The first kappa shape index (κ1) is 19.9. The van der Waals surface area contributed by atoms with Crippen LogP contribution in [0.15, 0.2) is 11.6 Å². The number of allylic oxidation sites excluding steroid dienone is 1. The Morgan fingerprint density at radius 2 is 1.96 bits per heavy atom. The number of amides is 1. The second-order valence-corrected chi connectivity index (χ2v) is 9.58. The molecule has 2 bridgehead atoms. The van der Waals surface area contributed by atoms with E-state index < -0.39 is 0 Å². The number of fused-ring (bicyclic) bond motifs is 1. The molecule has 1 amide bonds. The lowest BCUT2D eigenvalue weighted by molar-refractivity contribution is -0.134. The van der Waals surface area contributed by atoms with Gasteiger partial charge in [0.2, 0.25) is 5.91 Å². The van der Waals surface area contributed by atoms with E-state index in [1.165, 1.54) is 19.3 Å². The van der Waals surface area contributed by atoms with E-state index in [1.54, 1.807) is 5.57 Å². The quantitative estimate of drug-likeness (QED) is 0.526. The predicted octanol–water partition coefficient (Wildman–Crippen LogP) is 4.73. The molecule has 2 fully saturated rings. The minimum atomic E-state index is 0.326. The monoisotopic (exact) mass is 360 g/mol. The summed E-state index contributed by atoms with van der Waals surface area (Å²) < 4.78 is 0. The molecule has 3 heteroatoms. The maximum Gasteiger partial charge on any atom is 0.226 e. The van der Waals surface area contributed by atoms with Crippen molar-refractivity contribution in [1.82, 2.24) is 9.80 Å². The Morgan fingerprint density at radius 3 is 2.50 bits per heavy atom. The summed E-state index contributed by atoms with van der Waals surface area (Å²) in [6.07, 6.45) is 9.57. The highest BCUT2D eigenvalue weighted by atomic mass is 16.2. The van der Waals surface area contributed by atoms with Crippen LogP contribution in [0.5, 0.6) is 0 Å². The van der Waals surface area contributed by atoms with Crippen molar-refractivity contribution >= 4 is 5.91 Å². The lowest BCUT2D eigenvalue weighted by Crippen LogP contribution is -2.51. The molecule has 148 valence electrons. The third-order valence-corrected chi connectivity index (χ3v) is 7.67. The highest BCUT2D eigenvalue weighted by Gasteiger charge is 2.51. The summed E-state index contributed by atoms with van der Waals surface area (Å²) in [5, 5.41) is 0. The summed E-state index contributed by atoms with van der Waals surface area (Å²) in [7, 11) is 0. The van der Waals surface area contributed by atoms with Gasteiger partial charge in [0.25, 0.3) is 0 Å². The normalized spacial score (nSPS) is 27.7. The summed E-state index contributed by atoms with van der Waals surface area (Å²) in [5.41, 5.74) is 2.01. The molecule has 26 heavy (non-hydrogen) atoms. The van der Waals surface area contributed by atoms with Gasteiger partial charge in [-0.3, -0.25) is 4.79 Å². The van der Waals surface area contributed by atoms with Crippen LogP contribution in [-0.4, -0.2) is 47.9 Å². The van der Waals surface area contributed by atoms with Crippen LogP contribution in [-0.2, 0) is 4.79 Å². The number of hydrogen-bond donors (Lipinski definition) is 0. The molecule has 0 saturated heterocycles. The molecule has 0 N–H and O–H groups in total. The van der Waals surface area contributed by atoms with Crippen molar-refractivity contribution in [2.75, 3.05) is 26.2 Å². The van der Waals surface area contributed by atoms with Crippen molar-refractivity contribution in [3.8, 4) is 0 Å². The summed E-state index contributed by atoms with van der Waals surface area (Å²) in [5.74, 6) is 2.33. The highest BCUT2D eigenvalue weighted by Crippen LogP contribution is 2.59. The average Bonchev–Trinajstić information content (AvgIpc) is 3.47. The number of nitrogens with zero attached hydrogens (tertiary/aromatic N) is 2. The Morgan fingerprint density at radius 1 is 1.27 bits per heavy atom. The van der Waals surface area contributed by atoms with E-state index in [1.807, 2.05) is 0 Å². The number of hydrogen-bond acceptors (Lipinski definition) is 2. The first-order valence-corrected chi connectivity index (χ1v) is 11.1. The SMILES string of the molecule is CCN(CC)CCCC(C)N(CC1=CCC2CC1C2(C)C)C(=O)C1CC1. The molecule has 3 unspecified atom stereocenters. The molecule has 0 aromatic carbocycles. The largest absolute Gasteiger partial charge is 0.336 e. The van der Waals surface area contributed by atoms with E-state index in [0.717, 1.165) is 51.4 Å². The average molecular weight is 361 g/mol. The molecule has 0 aromatic heterocycles. The van der Waals surface area contributed by atoms with Gasteiger partial charge in [0.05, 0.1) is 0 Å². The highest BCUT2D eigenvalue weighted by molar-refractivity contribution is 5.81. The van der Waals surface area contributed by atoms with Crippen LogP contribution >= 0.6 is 0 Å². The van der Waals surface area contributed by atoms with E-state index in [9.17, 15) is 4.79 Å². The Balaban J connectivity index is 1.60. The molecule has 0 heterocycles. The summed E-state index contributed by atoms with van der Waals surface area (Å²) in [6.45, 7) is 15.9. The van der Waals surface area contributed by atoms with E-state index in [2.05, 4.69) is 50.5 Å². The van der Waals surface area contributed by atoms with Gasteiger partial charge >= 0.3 is 0 Å². The van der Waals surface area contributed by atoms with Gasteiger partial charge in [-0.1, -0.05) is 39.3 Å². The zero-order chi connectivity index (χ0) is 18.9. The second kappa shape index (κ2) is 8.04. The fourth-order valence-corrected chi connectivity index (χ4v) is 5.17. The van der Waals surface area contributed by atoms with Crippen LogP contribution in [0, 0.1) is 23.2 Å². The fraction of sp³-hybridized carbons (Fsp3) is 0.870. The van der Waals surface area contributed by atoms with Crippen LogP contribution in [0.3, 0.4) is 0 Å². The van der Waals surface area contributed by atoms with Crippen molar-refractivity contribution in [3.05, 3.63) is 11.6 Å². The summed E-state index contributed by atoms with van der Waals surface area (Å²) >= 11 is 0. The Kier molecular flexibility index (Phi) is 6.16. The lowest BCUT2D eigenvalue weighted by atomic mass is 9.49. The molecule has 0 radical (unpaired) electrons. The van der Waals surface area contributed by atoms with Gasteiger partial charge in [-0.05, 0) is 82.3 Å². The minimum Gasteiger partial charge on any atom is -0.336 e. The third-order valence-electron chi connectivity index (χ3n) is 7.67. The van der Waals surface area contributed by atoms with Crippen molar-refractivity contribution in [1.29, 1.82) is 0 Å². The summed E-state index contributed by atoms with van der Waals surface area (Å²) in [4.78, 5) is 17.7. The molecular weight excluding hydrogens is 320 g/mol. The smallest absolute Gasteiger partial charge is 0.226 e. The van der Waals surface area contributed by atoms with Crippen molar-refractivity contribution in [2.24, 2.45) is 23.2 Å². The van der Waals surface area contributed by atoms with Crippen molar-refractivity contribution in [2.45, 2.75) is 79.2 Å². The molecule has 2 saturated carbocycles. The minimum absolute atomic E-state index is 0.326. The zero-order valence-electron chi connectivity index (χ0n) is 17.8. The van der Waals surface area contributed by atoms with Crippen molar-refractivity contribution < 1.29 is 4.79 Å². The molecule has 0 aromatic rings. The molecule has 4 aliphatic rings. The molecule has 4 rings (SSSR count). The zero-order valence-corrected chi connectivity index (χ0v) is 17.8. The topological polar surface area (TPSA) is 23.6 Å². The van der Waals surface area contributed by atoms with Crippen LogP contribution < -0.4 is 0 Å². The standard InChI is InChI=1S/C23H40N2O/c1-6-24(7-2)14-8-9-17(3)25(22(26)18-10-11-18)16-19-12-13-20-15-21(19)23(20,4)5/h12,17-18,20-21H,6-11,13-16H2,1-5H3. The Labute approximate surface area is 161 Å². The van der Waals surface area contributed by atoms with E-state index in [4.69, 9.17) is 0 Å². The van der Waals surface area contributed by atoms with Crippen LogP contribution in [0.1, 0.15) is 73.1 Å². The third kappa shape index (κ3) is 4.03. The van der Waals surface area contributed by atoms with Gasteiger partial charge in [-0.15, -0.1) is 0 Å². The maximum atomic E-state index is 13.0. The van der Waals surface area contributed by atoms with Crippen LogP contribution in [0.2, 0.25) is 0 Å². The first-order chi connectivity index (χ1) is 12.4. The van der Waals surface area contributed by atoms with E-state index in [-0.39, 0.29) is 0 Å². The molecule has 3 nitrogen and oxygen atoms in total. The molecule has 0 spiro atoms. The summed E-state index contributed by atoms with van der Waals surface area (Å²) in [6, 6.07) is 0.362. The van der Waals surface area contributed by atoms with Crippen molar-refractivity contribution in [3.63, 3.8) is 0 Å². The van der Waals surface area contributed by atoms with Gasteiger partial charge in [-0.2, -0.15) is 0 Å². The van der Waals surface area contributed by atoms with Gasteiger partial charge < -0.3 is 9.80 Å². The molecule has 4 aliphatic carbocycles. The lowest BCUT2D eigenvalue weighted by Gasteiger charge is -2.57.